The lowest BCUT2D eigenvalue weighted by atomic mass is 10.1. The van der Waals surface area contributed by atoms with Crippen molar-refractivity contribution in [3.8, 4) is 0 Å². The van der Waals surface area contributed by atoms with Crippen LogP contribution in [0, 0.1) is 0 Å². The minimum absolute atomic E-state index is 0.225. The number of rotatable bonds is 3. The summed E-state index contributed by atoms with van der Waals surface area (Å²) in [4.78, 5) is 4.36. The predicted molar refractivity (Wildman–Crippen MR) is 68.6 cm³/mol. The van der Waals surface area contributed by atoms with Crippen LogP contribution in [-0.2, 0) is 6.42 Å². The van der Waals surface area contributed by atoms with Gasteiger partial charge in [-0.2, -0.15) is 5.10 Å². The van der Waals surface area contributed by atoms with Crippen LogP contribution in [0.1, 0.15) is 51.4 Å². The van der Waals surface area contributed by atoms with Gasteiger partial charge in [0.25, 0.3) is 0 Å². The highest BCUT2D eigenvalue weighted by Crippen LogP contribution is 2.20. The fourth-order valence-electron chi connectivity index (χ4n) is 2.38. The third-order valence-electron chi connectivity index (χ3n) is 3.26. The molecule has 0 saturated carbocycles. The van der Waals surface area contributed by atoms with E-state index in [1.165, 1.54) is 18.4 Å². The maximum atomic E-state index is 6.03. The van der Waals surface area contributed by atoms with E-state index < -0.39 is 0 Å². The van der Waals surface area contributed by atoms with Crippen molar-refractivity contribution in [3.63, 3.8) is 0 Å². The van der Waals surface area contributed by atoms with Crippen molar-refractivity contribution in [2.75, 3.05) is 0 Å². The molecule has 0 saturated heterocycles. The number of nitrogens with zero attached hydrogens (tertiary/aromatic N) is 3. The summed E-state index contributed by atoms with van der Waals surface area (Å²) < 4.78 is 2.00. The highest BCUT2D eigenvalue weighted by atomic mass is 15.3. The van der Waals surface area contributed by atoms with Gasteiger partial charge in [0, 0.05) is 18.5 Å². The quantitative estimate of drug-likeness (QED) is 0.816. The van der Waals surface area contributed by atoms with E-state index >= 15 is 0 Å². The Balaban J connectivity index is 2.11. The van der Waals surface area contributed by atoms with E-state index in [1.54, 1.807) is 6.33 Å². The Morgan fingerprint density at radius 2 is 2.29 bits per heavy atom. The maximum Gasteiger partial charge on any atom is 0.138 e. The Labute approximate surface area is 103 Å². The third kappa shape index (κ3) is 3.16. The normalized spacial score (nSPS) is 21.4. The molecule has 2 N–H and O–H groups in total. The van der Waals surface area contributed by atoms with Gasteiger partial charge in [0.2, 0.25) is 0 Å². The van der Waals surface area contributed by atoms with Gasteiger partial charge in [-0.25, -0.2) is 9.67 Å². The van der Waals surface area contributed by atoms with E-state index in [0.717, 1.165) is 25.1 Å². The average Bonchev–Trinajstić information content (AvgIpc) is 2.62. The molecule has 17 heavy (non-hydrogen) atoms. The highest BCUT2D eigenvalue weighted by Gasteiger charge is 2.13. The lowest BCUT2D eigenvalue weighted by molar-refractivity contribution is 0.508. The molecule has 0 aromatic carbocycles. The van der Waals surface area contributed by atoms with E-state index in [9.17, 15) is 0 Å². The summed E-state index contributed by atoms with van der Waals surface area (Å²) in [5.74, 6) is 1.06. The number of aromatic nitrogens is 3. The van der Waals surface area contributed by atoms with Crippen molar-refractivity contribution in [1.29, 1.82) is 0 Å². The summed E-state index contributed by atoms with van der Waals surface area (Å²) in [6.07, 6.45) is 9.51. The summed E-state index contributed by atoms with van der Waals surface area (Å²) in [6, 6.07) is 0.593. The predicted octanol–water partition coefficient (Wildman–Crippen LogP) is 2.23. The Morgan fingerprint density at radius 1 is 1.47 bits per heavy atom. The molecule has 1 aromatic heterocycles. The maximum absolute atomic E-state index is 6.03. The zero-order valence-corrected chi connectivity index (χ0v) is 10.8. The highest BCUT2D eigenvalue weighted by molar-refractivity contribution is 5.13. The van der Waals surface area contributed by atoms with Crippen LogP contribution in [0.15, 0.2) is 18.0 Å². The van der Waals surface area contributed by atoms with Crippen LogP contribution in [-0.4, -0.2) is 20.8 Å². The fraction of sp³-hybridized carbons (Fsp3) is 0.692. The minimum Gasteiger partial charge on any atom is -0.324 e. The van der Waals surface area contributed by atoms with Crippen molar-refractivity contribution >= 4 is 0 Å². The molecular weight excluding hydrogens is 212 g/mol. The van der Waals surface area contributed by atoms with Crippen molar-refractivity contribution in [2.45, 2.75) is 58.0 Å². The summed E-state index contributed by atoms with van der Waals surface area (Å²) in [5.41, 5.74) is 7.45. The van der Waals surface area contributed by atoms with Crippen molar-refractivity contribution in [3.05, 3.63) is 23.8 Å². The molecule has 0 bridgehead atoms. The SMILES string of the molecule is CC(C)n1ncnc1CC1=CC(N)CCCC1. The van der Waals surface area contributed by atoms with Crippen LogP contribution in [0.5, 0.6) is 0 Å². The van der Waals surface area contributed by atoms with Crippen LogP contribution < -0.4 is 5.73 Å². The Bertz CT molecular complexity index is 392. The minimum atomic E-state index is 0.225. The molecule has 1 unspecified atom stereocenters. The first-order valence-corrected chi connectivity index (χ1v) is 6.50. The van der Waals surface area contributed by atoms with E-state index in [4.69, 9.17) is 5.73 Å². The fourth-order valence-corrected chi connectivity index (χ4v) is 2.38. The number of nitrogens with two attached hydrogens (primary N) is 1. The summed E-state index contributed by atoms with van der Waals surface area (Å²) >= 11 is 0. The average molecular weight is 234 g/mol. The standard InChI is InChI=1S/C13H22N4/c1-10(2)17-13(15-9-16-17)8-11-5-3-4-6-12(14)7-11/h7,9-10,12H,3-6,8,14H2,1-2H3. The Morgan fingerprint density at radius 3 is 3.06 bits per heavy atom. The van der Waals surface area contributed by atoms with Crippen molar-refractivity contribution < 1.29 is 0 Å². The van der Waals surface area contributed by atoms with Gasteiger partial charge in [-0.05, 0) is 33.1 Å². The number of hydrogen-bond donors (Lipinski definition) is 1. The van der Waals surface area contributed by atoms with Crippen LogP contribution in [0.4, 0.5) is 0 Å². The van der Waals surface area contributed by atoms with E-state index in [-0.39, 0.29) is 6.04 Å². The van der Waals surface area contributed by atoms with Gasteiger partial charge in [0.05, 0.1) is 0 Å². The first kappa shape index (κ1) is 12.3. The summed E-state index contributed by atoms with van der Waals surface area (Å²) in [5, 5.41) is 4.27. The van der Waals surface area contributed by atoms with Gasteiger partial charge in [0.15, 0.2) is 0 Å². The zero-order chi connectivity index (χ0) is 12.3. The first-order chi connectivity index (χ1) is 8.16. The van der Waals surface area contributed by atoms with Crippen LogP contribution in [0.3, 0.4) is 0 Å². The zero-order valence-electron chi connectivity index (χ0n) is 10.8. The van der Waals surface area contributed by atoms with E-state index in [2.05, 4.69) is 30.0 Å². The second-order valence-corrected chi connectivity index (χ2v) is 5.13. The molecule has 4 heteroatoms. The van der Waals surface area contributed by atoms with Crippen molar-refractivity contribution in [2.24, 2.45) is 5.73 Å². The molecule has 2 rings (SSSR count). The molecule has 1 atom stereocenters. The second-order valence-electron chi connectivity index (χ2n) is 5.13. The van der Waals surface area contributed by atoms with E-state index in [0.29, 0.717) is 6.04 Å². The van der Waals surface area contributed by atoms with Gasteiger partial charge < -0.3 is 5.73 Å². The Hall–Kier alpha value is -1.16. The molecule has 0 spiro atoms. The van der Waals surface area contributed by atoms with Gasteiger partial charge in [-0.1, -0.05) is 18.1 Å². The molecule has 1 aliphatic rings. The molecule has 4 nitrogen and oxygen atoms in total. The molecule has 1 aliphatic carbocycles. The van der Waals surface area contributed by atoms with Crippen LogP contribution >= 0.6 is 0 Å². The summed E-state index contributed by atoms with van der Waals surface area (Å²) in [6.45, 7) is 4.26. The lowest BCUT2D eigenvalue weighted by Crippen LogP contribution is -2.16. The number of allylic oxidation sites excluding steroid dienone is 1. The topological polar surface area (TPSA) is 56.7 Å². The molecule has 0 aliphatic heterocycles. The molecule has 94 valence electrons. The monoisotopic (exact) mass is 234 g/mol. The van der Waals surface area contributed by atoms with Gasteiger partial charge in [-0.3, -0.25) is 0 Å². The second kappa shape index (κ2) is 5.45. The van der Waals surface area contributed by atoms with Gasteiger partial charge in [-0.15, -0.1) is 0 Å². The first-order valence-electron chi connectivity index (χ1n) is 6.50. The van der Waals surface area contributed by atoms with Gasteiger partial charge in [0.1, 0.15) is 12.2 Å². The molecule has 0 fully saturated rings. The molecule has 0 amide bonds. The molecule has 0 radical (unpaired) electrons. The molecular formula is C13H22N4. The third-order valence-corrected chi connectivity index (χ3v) is 3.26. The number of hydrogen-bond acceptors (Lipinski definition) is 3. The Kier molecular flexibility index (Phi) is 3.94. The van der Waals surface area contributed by atoms with Crippen LogP contribution in [0.2, 0.25) is 0 Å². The van der Waals surface area contributed by atoms with Gasteiger partial charge >= 0.3 is 0 Å². The summed E-state index contributed by atoms with van der Waals surface area (Å²) in [7, 11) is 0. The molecule has 1 aromatic rings. The molecule has 1 heterocycles. The van der Waals surface area contributed by atoms with E-state index in [1.807, 2.05) is 4.68 Å². The van der Waals surface area contributed by atoms with Crippen LogP contribution in [0.25, 0.3) is 0 Å². The van der Waals surface area contributed by atoms with Crippen molar-refractivity contribution in [1.82, 2.24) is 14.8 Å². The lowest BCUT2D eigenvalue weighted by Gasteiger charge is -2.11. The largest absolute Gasteiger partial charge is 0.324 e. The smallest absolute Gasteiger partial charge is 0.138 e.